The second-order valence-corrected chi connectivity index (χ2v) is 7.24. The van der Waals surface area contributed by atoms with Gasteiger partial charge in [0.25, 0.3) is 0 Å². The summed E-state index contributed by atoms with van der Waals surface area (Å²) in [5, 5.41) is 1.61. The molecule has 0 saturated heterocycles. The molecule has 28 heavy (non-hydrogen) atoms. The lowest BCUT2D eigenvalue weighted by atomic mass is 10.0. The summed E-state index contributed by atoms with van der Waals surface area (Å²) in [6.07, 6.45) is 1.74. The maximum absolute atomic E-state index is 12.8. The van der Waals surface area contributed by atoms with Crippen LogP contribution >= 0.6 is 23.2 Å². The lowest BCUT2D eigenvalue weighted by Gasteiger charge is -2.10. The number of H-pyrrole nitrogens is 1. The van der Waals surface area contributed by atoms with Crippen LogP contribution in [-0.4, -0.2) is 17.1 Å². The SMILES string of the molecule is COc1ccc2c(=O)c(C)c(-c3ccc(-c4ccc(Cl)c(Cl)c4)nc3)[nH]c2c1. The monoisotopic (exact) mass is 410 g/mol. The number of rotatable bonds is 3. The molecule has 2 heterocycles. The van der Waals surface area contributed by atoms with Crippen LogP contribution in [0.25, 0.3) is 33.4 Å². The molecule has 0 aliphatic heterocycles. The molecule has 0 aliphatic carbocycles. The third kappa shape index (κ3) is 3.26. The fourth-order valence-electron chi connectivity index (χ4n) is 3.15. The van der Waals surface area contributed by atoms with Crippen molar-refractivity contribution in [2.75, 3.05) is 7.11 Å². The van der Waals surface area contributed by atoms with Crippen molar-refractivity contribution >= 4 is 34.1 Å². The Morgan fingerprint density at radius 1 is 0.964 bits per heavy atom. The van der Waals surface area contributed by atoms with Crippen LogP contribution in [0.4, 0.5) is 0 Å². The Kier molecular flexibility index (Phi) is 4.84. The van der Waals surface area contributed by atoms with Crippen molar-refractivity contribution in [2.45, 2.75) is 6.92 Å². The number of aromatic amines is 1. The molecule has 4 aromatic rings. The summed E-state index contributed by atoms with van der Waals surface area (Å²) < 4.78 is 5.27. The van der Waals surface area contributed by atoms with Gasteiger partial charge >= 0.3 is 0 Å². The number of benzene rings is 2. The van der Waals surface area contributed by atoms with Crippen LogP contribution in [0.2, 0.25) is 10.0 Å². The van der Waals surface area contributed by atoms with E-state index in [-0.39, 0.29) is 5.43 Å². The molecule has 2 aromatic heterocycles. The number of hydrogen-bond acceptors (Lipinski definition) is 3. The van der Waals surface area contributed by atoms with Crippen LogP contribution < -0.4 is 10.2 Å². The molecule has 140 valence electrons. The Morgan fingerprint density at radius 3 is 2.43 bits per heavy atom. The molecule has 0 radical (unpaired) electrons. The van der Waals surface area contributed by atoms with Crippen molar-refractivity contribution in [3.05, 3.63) is 80.6 Å². The van der Waals surface area contributed by atoms with E-state index in [1.165, 1.54) is 0 Å². The fourth-order valence-corrected chi connectivity index (χ4v) is 3.45. The molecule has 0 spiro atoms. The second kappa shape index (κ2) is 7.30. The Bertz CT molecular complexity index is 1250. The highest BCUT2D eigenvalue weighted by atomic mass is 35.5. The summed E-state index contributed by atoms with van der Waals surface area (Å²) in [5.41, 5.74) is 4.54. The molecule has 1 N–H and O–H groups in total. The van der Waals surface area contributed by atoms with Crippen LogP contribution in [0.5, 0.6) is 5.75 Å². The zero-order valence-corrected chi connectivity index (χ0v) is 16.7. The minimum absolute atomic E-state index is 0.0139. The molecule has 4 nitrogen and oxygen atoms in total. The summed E-state index contributed by atoms with van der Waals surface area (Å²) in [6.45, 7) is 1.81. The maximum Gasteiger partial charge on any atom is 0.192 e. The number of fused-ring (bicyclic) bond motifs is 1. The summed E-state index contributed by atoms with van der Waals surface area (Å²) in [4.78, 5) is 20.6. The normalized spacial score (nSPS) is 11.0. The lowest BCUT2D eigenvalue weighted by Crippen LogP contribution is -2.09. The quantitative estimate of drug-likeness (QED) is 0.458. The van der Waals surface area contributed by atoms with Crippen molar-refractivity contribution < 1.29 is 4.74 Å². The van der Waals surface area contributed by atoms with Gasteiger partial charge in [0.2, 0.25) is 0 Å². The standard InChI is InChI=1S/C22H16Cl2N2O2/c1-12-21(26-20-10-15(28-2)5-6-16(20)22(12)27)14-4-8-19(25-11-14)13-3-7-17(23)18(24)9-13/h3-11H,1-2H3,(H,26,27). The van der Waals surface area contributed by atoms with Gasteiger partial charge in [0.05, 0.1) is 34.1 Å². The molecular formula is C22H16Cl2N2O2. The van der Waals surface area contributed by atoms with E-state index in [0.29, 0.717) is 26.7 Å². The highest BCUT2D eigenvalue weighted by Gasteiger charge is 2.12. The highest BCUT2D eigenvalue weighted by Crippen LogP contribution is 2.29. The molecule has 0 amide bonds. The second-order valence-electron chi connectivity index (χ2n) is 6.43. The number of nitrogens with one attached hydrogen (secondary N) is 1. The van der Waals surface area contributed by atoms with Gasteiger partial charge in [0, 0.05) is 34.3 Å². The lowest BCUT2D eigenvalue weighted by molar-refractivity contribution is 0.415. The van der Waals surface area contributed by atoms with E-state index in [1.54, 1.807) is 37.6 Å². The third-order valence-electron chi connectivity index (χ3n) is 4.71. The minimum atomic E-state index is -0.0139. The van der Waals surface area contributed by atoms with Crippen LogP contribution in [0, 0.1) is 6.92 Å². The molecule has 0 atom stereocenters. The van der Waals surface area contributed by atoms with E-state index in [1.807, 2.05) is 31.2 Å². The topological polar surface area (TPSA) is 55.0 Å². The number of aromatic nitrogens is 2. The zero-order chi connectivity index (χ0) is 19.8. The number of halogens is 2. The van der Waals surface area contributed by atoms with E-state index < -0.39 is 0 Å². The Hall–Kier alpha value is -2.82. The van der Waals surface area contributed by atoms with E-state index >= 15 is 0 Å². The Balaban J connectivity index is 1.80. The Morgan fingerprint density at radius 2 is 1.75 bits per heavy atom. The van der Waals surface area contributed by atoms with Crippen LogP contribution in [0.3, 0.4) is 0 Å². The first-order chi connectivity index (χ1) is 13.5. The molecule has 0 bridgehead atoms. The van der Waals surface area contributed by atoms with Gasteiger partial charge in [-0.2, -0.15) is 0 Å². The highest BCUT2D eigenvalue weighted by molar-refractivity contribution is 6.42. The fraction of sp³-hybridized carbons (Fsp3) is 0.0909. The van der Waals surface area contributed by atoms with Gasteiger partial charge in [-0.25, -0.2) is 0 Å². The van der Waals surface area contributed by atoms with Crippen molar-refractivity contribution in [1.29, 1.82) is 0 Å². The Labute approximate surface area is 171 Å². The van der Waals surface area contributed by atoms with Crippen molar-refractivity contribution in [3.8, 4) is 28.3 Å². The first kappa shape index (κ1) is 18.5. The van der Waals surface area contributed by atoms with E-state index in [4.69, 9.17) is 27.9 Å². The zero-order valence-electron chi connectivity index (χ0n) is 15.2. The van der Waals surface area contributed by atoms with Crippen LogP contribution in [-0.2, 0) is 0 Å². The first-order valence-electron chi connectivity index (χ1n) is 8.60. The first-order valence-corrected chi connectivity index (χ1v) is 9.36. The van der Waals surface area contributed by atoms with Crippen molar-refractivity contribution in [2.24, 2.45) is 0 Å². The van der Waals surface area contributed by atoms with Gasteiger partial charge in [-0.3, -0.25) is 9.78 Å². The summed E-state index contributed by atoms with van der Waals surface area (Å²) in [7, 11) is 1.60. The molecule has 2 aromatic carbocycles. The number of pyridine rings is 2. The van der Waals surface area contributed by atoms with Gasteiger partial charge in [-0.05, 0) is 43.3 Å². The predicted octanol–water partition coefficient (Wildman–Crippen LogP) is 5.88. The molecular weight excluding hydrogens is 395 g/mol. The molecule has 0 fully saturated rings. The van der Waals surface area contributed by atoms with Gasteiger partial charge < -0.3 is 9.72 Å². The van der Waals surface area contributed by atoms with Gasteiger partial charge in [0.15, 0.2) is 5.43 Å². The molecule has 0 saturated carbocycles. The molecule has 6 heteroatoms. The van der Waals surface area contributed by atoms with Gasteiger partial charge in [-0.15, -0.1) is 0 Å². The number of methoxy groups -OCH3 is 1. The number of nitrogens with zero attached hydrogens (tertiary/aromatic N) is 1. The van der Waals surface area contributed by atoms with Crippen LogP contribution in [0.15, 0.2) is 59.5 Å². The molecule has 0 aliphatic rings. The van der Waals surface area contributed by atoms with Gasteiger partial charge in [0.1, 0.15) is 5.75 Å². The van der Waals surface area contributed by atoms with E-state index in [0.717, 1.165) is 28.0 Å². The molecule has 4 rings (SSSR count). The van der Waals surface area contributed by atoms with Crippen molar-refractivity contribution in [1.82, 2.24) is 9.97 Å². The van der Waals surface area contributed by atoms with Gasteiger partial charge in [-0.1, -0.05) is 29.3 Å². The minimum Gasteiger partial charge on any atom is -0.497 e. The average molecular weight is 411 g/mol. The van der Waals surface area contributed by atoms with E-state index in [9.17, 15) is 4.79 Å². The predicted molar refractivity (Wildman–Crippen MR) is 115 cm³/mol. The number of ether oxygens (including phenoxy) is 1. The largest absolute Gasteiger partial charge is 0.497 e. The smallest absolute Gasteiger partial charge is 0.192 e. The summed E-state index contributed by atoms with van der Waals surface area (Å²) in [6, 6.07) is 14.6. The average Bonchev–Trinajstić information content (AvgIpc) is 2.72. The number of hydrogen-bond donors (Lipinski definition) is 1. The third-order valence-corrected chi connectivity index (χ3v) is 5.45. The summed E-state index contributed by atoms with van der Waals surface area (Å²) in [5.74, 6) is 0.686. The maximum atomic E-state index is 12.8. The van der Waals surface area contributed by atoms with Crippen LogP contribution in [0.1, 0.15) is 5.56 Å². The summed E-state index contributed by atoms with van der Waals surface area (Å²) >= 11 is 12.1. The van der Waals surface area contributed by atoms with E-state index in [2.05, 4.69) is 9.97 Å². The molecule has 0 unspecified atom stereocenters. The van der Waals surface area contributed by atoms with Crippen molar-refractivity contribution in [3.63, 3.8) is 0 Å².